The highest BCUT2D eigenvalue weighted by Crippen LogP contribution is 2.18. The van der Waals surface area contributed by atoms with Crippen LogP contribution in [0.2, 0.25) is 0 Å². The maximum absolute atomic E-state index is 12.1. The monoisotopic (exact) mass is 313 g/mol. The Morgan fingerprint density at radius 2 is 1.78 bits per heavy atom. The maximum Gasteiger partial charge on any atom is 0.251 e. The van der Waals surface area contributed by atoms with Crippen LogP contribution in [0.5, 0.6) is 11.5 Å². The zero-order chi connectivity index (χ0) is 16.8. The van der Waals surface area contributed by atoms with Crippen molar-refractivity contribution >= 4 is 5.91 Å². The van der Waals surface area contributed by atoms with Crippen LogP contribution in [0.15, 0.2) is 36.4 Å². The molecule has 23 heavy (non-hydrogen) atoms. The van der Waals surface area contributed by atoms with Gasteiger partial charge in [-0.3, -0.25) is 4.79 Å². The van der Waals surface area contributed by atoms with Crippen molar-refractivity contribution in [1.82, 2.24) is 5.32 Å². The number of ether oxygens (including phenoxy) is 2. The zero-order valence-corrected chi connectivity index (χ0v) is 14.1. The molecule has 0 fully saturated rings. The van der Waals surface area contributed by atoms with Crippen molar-refractivity contribution in [2.24, 2.45) is 0 Å². The molecule has 0 aliphatic rings. The van der Waals surface area contributed by atoms with Gasteiger partial charge in [-0.05, 0) is 67.8 Å². The molecule has 0 saturated carbocycles. The van der Waals surface area contributed by atoms with Gasteiger partial charge in [-0.1, -0.05) is 6.07 Å². The fraction of sp³-hybridized carbons (Fsp3) is 0.316. The van der Waals surface area contributed by atoms with E-state index >= 15 is 0 Å². The van der Waals surface area contributed by atoms with Gasteiger partial charge in [-0.15, -0.1) is 0 Å². The Bertz CT molecular complexity index is 695. The molecular weight excluding hydrogens is 290 g/mol. The van der Waals surface area contributed by atoms with Crippen molar-refractivity contribution < 1.29 is 14.3 Å². The van der Waals surface area contributed by atoms with E-state index < -0.39 is 0 Å². The summed E-state index contributed by atoms with van der Waals surface area (Å²) in [5.41, 5.74) is 3.99. The van der Waals surface area contributed by atoms with Gasteiger partial charge in [0.2, 0.25) is 0 Å². The Morgan fingerprint density at radius 1 is 1.00 bits per heavy atom. The molecule has 2 rings (SSSR count). The molecule has 1 N–H and O–H groups in total. The topological polar surface area (TPSA) is 47.6 Å². The zero-order valence-electron chi connectivity index (χ0n) is 14.1. The van der Waals surface area contributed by atoms with Crippen LogP contribution in [0.4, 0.5) is 0 Å². The molecule has 0 aromatic heterocycles. The average molecular weight is 313 g/mol. The fourth-order valence-electron chi connectivity index (χ4n) is 2.26. The molecule has 0 spiro atoms. The third-order valence-corrected chi connectivity index (χ3v) is 3.79. The van der Waals surface area contributed by atoms with Crippen LogP contribution in [0.25, 0.3) is 0 Å². The van der Waals surface area contributed by atoms with E-state index in [4.69, 9.17) is 9.47 Å². The van der Waals surface area contributed by atoms with Crippen LogP contribution in [0, 0.1) is 20.8 Å². The first-order valence-electron chi connectivity index (χ1n) is 7.64. The van der Waals surface area contributed by atoms with Crippen LogP contribution in [0.1, 0.15) is 27.0 Å². The first kappa shape index (κ1) is 16.9. The molecule has 2 aromatic carbocycles. The summed E-state index contributed by atoms with van der Waals surface area (Å²) in [6.07, 6.45) is 0. The van der Waals surface area contributed by atoms with Crippen LogP contribution >= 0.6 is 0 Å². The summed E-state index contributed by atoms with van der Waals surface area (Å²) < 4.78 is 10.8. The summed E-state index contributed by atoms with van der Waals surface area (Å²) in [7, 11) is 1.62. The van der Waals surface area contributed by atoms with Gasteiger partial charge >= 0.3 is 0 Å². The predicted molar refractivity (Wildman–Crippen MR) is 91.5 cm³/mol. The summed E-state index contributed by atoms with van der Waals surface area (Å²) in [6.45, 7) is 6.92. The molecule has 0 aliphatic heterocycles. The highest BCUT2D eigenvalue weighted by atomic mass is 16.5. The van der Waals surface area contributed by atoms with Crippen molar-refractivity contribution in [3.8, 4) is 11.5 Å². The first-order valence-corrected chi connectivity index (χ1v) is 7.64. The second-order valence-corrected chi connectivity index (χ2v) is 5.53. The van der Waals surface area contributed by atoms with Gasteiger partial charge in [-0.25, -0.2) is 0 Å². The smallest absolute Gasteiger partial charge is 0.251 e. The number of hydrogen-bond acceptors (Lipinski definition) is 3. The molecule has 0 bridgehead atoms. The van der Waals surface area contributed by atoms with E-state index in [1.165, 1.54) is 11.1 Å². The molecule has 2 aromatic rings. The lowest BCUT2D eigenvalue weighted by molar-refractivity contribution is 0.0947. The van der Waals surface area contributed by atoms with Gasteiger partial charge in [0, 0.05) is 5.56 Å². The molecule has 4 heteroatoms. The summed E-state index contributed by atoms with van der Waals surface area (Å²) >= 11 is 0. The predicted octanol–water partition coefficient (Wildman–Crippen LogP) is 3.43. The number of nitrogens with one attached hydrogen (secondary N) is 1. The van der Waals surface area contributed by atoms with Crippen LogP contribution in [0.3, 0.4) is 0 Å². The minimum atomic E-state index is -0.112. The van der Waals surface area contributed by atoms with E-state index in [0.29, 0.717) is 18.7 Å². The number of amides is 1. The molecule has 0 saturated heterocycles. The van der Waals surface area contributed by atoms with Gasteiger partial charge in [0.15, 0.2) is 0 Å². The van der Waals surface area contributed by atoms with Gasteiger partial charge < -0.3 is 14.8 Å². The third-order valence-electron chi connectivity index (χ3n) is 3.79. The van der Waals surface area contributed by atoms with Crippen molar-refractivity contribution in [1.29, 1.82) is 0 Å². The van der Waals surface area contributed by atoms with Crippen molar-refractivity contribution in [3.63, 3.8) is 0 Å². The summed E-state index contributed by atoms with van der Waals surface area (Å²) in [5.74, 6) is 1.49. The Kier molecular flexibility index (Phi) is 5.63. The Labute approximate surface area is 137 Å². The van der Waals surface area contributed by atoms with E-state index in [2.05, 4.69) is 19.2 Å². The first-order chi connectivity index (χ1) is 11.0. The number of rotatable bonds is 6. The van der Waals surface area contributed by atoms with Gasteiger partial charge in [0.05, 0.1) is 13.7 Å². The van der Waals surface area contributed by atoms with Crippen LogP contribution in [-0.2, 0) is 0 Å². The lowest BCUT2D eigenvalue weighted by atomic mass is 10.1. The van der Waals surface area contributed by atoms with Crippen LogP contribution in [-0.4, -0.2) is 26.2 Å². The molecule has 0 radical (unpaired) electrons. The number of carbonyl (C=O) groups excluding carboxylic acids is 1. The van der Waals surface area contributed by atoms with Crippen molar-refractivity contribution in [3.05, 3.63) is 58.7 Å². The number of benzene rings is 2. The van der Waals surface area contributed by atoms with Crippen LogP contribution < -0.4 is 14.8 Å². The quantitative estimate of drug-likeness (QED) is 0.831. The molecule has 0 aliphatic carbocycles. The molecule has 0 heterocycles. The lowest BCUT2D eigenvalue weighted by Gasteiger charge is -2.10. The normalized spacial score (nSPS) is 10.3. The summed E-state index contributed by atoms with van der Waals surface area (Å²) in [5, 5.41) is 2.86. The SMILES string of the molecule is COc1ccc(C(=O)NCCOc2ccc(C)c(C)c2)cc1C. The highest BCUT2D eigenvalue weighted by Gasteiger charge is 2.07. The minimum absolute atomic E-state index is 0.112. The van der Waals surface area contributed by atoms with Gasteiger partial charge in [-0.2, -0.15) is 0 Å². The minimum Gasteiger partial charge on any atom is -0.496 e. The summed E-state index contributed by atoms with van der Waals surface area (Å²) in [4.78, 5) is 12.1. The second-order valence-electron chi connectivity index (χ2n) is 5.53. The standard InChI is InChI=1S/C19H23NO3/c1-13-5-7-17(12-14(13)2)23-10-9-20-19(21)16-6-8-18(22-4)15(3)11-16/h5-8,11-12H,9-10H2,1-4H3,(H,20,21). The third kappa shape index (κ3) is 4.49. The maximum atomic E-state index is 12.1. The Morgan fingerprint density at radius 3 is 2.43 bits per heavy atom. The number of methoxy groups -OCH3 is 1. The molecule has 0 unspecified atom stereocenters. The molecule has 1 amide bonds. The lowest BCUT2D eigenvalue weighted by Crippen LogP contribution is -2.28. The molecule has 4 nitrogen and oxygen atoms in total. The average Bonchev–Trinajstić information content (AvgIpc) is 2.54. The number of hydrogen-bond donors (Lipinski definition) is 1. The summed E-state index contributed by atoms with van der Waals surface area (Å²) in [6, 6.07) is 11.4. The van der Waals surface area contributed by atoms with E-state index in [-0.39, 0.29) is 5.91 Å². The second kappa shape index (κ2) is 7.68. The van der Waals surface area contributed by atoms with E-state index in [0.717, 1.165) is 17.1 Å². The van der Waals surface area contributed by atoms with Crippen molar-refractivity contribution in [2.45, 2.75) is 20.8 Å². The molecule has 122 valence electrons. The molecular formula is C19H23NO3. The van der Waals surface area contributed by atoms with E-state index in [1.807, 2.05) is 31.2 Å². The van der Waals surface area contributed by atoms with Gasteiger partial charge in [0.25, 0.3) is 5.91 Å². The largest absolute Gasteiger partial charge is 0.496 e. The Balaban J connectivity index is 1.82. The number of carbonyl (C=O) groups is 1. The number of aryl methyl sites for hydroxylation is 3. The highest BCUT2D eigenvalue weighted by molar-refractivity contribution is 5.94. The fourth-order valence-corrected chi connectivity index (χ4v) is 2.26. The van der Waals surface area contributed by atoms with E-state index in [1.54, 1.807) is 19.2 Å². The van der Waals surface area contributed by atoms with E-state index in [9.17, 15) is 4.79 Å². The van der Waals surface area contributed by atoms with Gasteiger partial charge in [0.1, 0.15) is 18.1 Å². The Hall–Kier alpha value is -2.49. The van der Waals surface area contributed by atoms with Crippen molar-refractivity contribution in [2.75, 3.05) is 20.3 Å². The molecule has 0 atom stereocenters.